The van der Waals surface area contributed by atoms with Gasteiger partial charge in [0.15, 0.2) is 0 Å². The largest absolute Gasteiger partial charge is 0.345 e. The lowest BCUT2D eigenvalue weighted by Gasteiger charge is -1.92. The Bertz CT molecular complexity index is 232. The van der Waals surface area contributed by atoms with Gasteiger partial charge in [0.05, 0.1) is 18.2 Å². The Balaban J connectivity index is 2.95. The lowest BCUT2D eigenvalue weighted by molar-refractivity contribution is 1.30. The van der Waals surface area contributed by atoms with Crippen molar-refractivity contribution in [3.8, 4) is 0 Å². The molecule has 0 aromatic carbocycles. The first-order valence-electron chi connectivity index (χ1n) is 3.16. The van der Waals surface area contributed by atoms with Crippen molar-refractivity contribution in [2.45, 2.75) is 6.92 Å². The van der Waals surface area contributed by atoms with Crippen molar-refractivity contribution in [3.63, 3.8) is 0 Å². The van der Waals surface area contributed by atoms with Gasteiger partial charge in [-0.1, -0.05) is 18.7 Å². The summed E-state index contributed by atoms with van der Waals surface area (Å²) < 4.78 is 0. The Kier molecular flexibility index (Phi) is 2.05. The van der Waals surface area contributed by atoms with Crippen molar-refractivity contribution < 1.29 is 0 Å². The van der Waals surface area contributed by atoms with Crippen molar-refractivity contribution in [3.05, 3.63) is 36.9 Å². The fourth-order valence-electron chi connectivity index (χ4n) is 0.797. The Hall–Kier alpha value is -1.31. The maximum absolute atomic E-state index is 3.89. The van der Waals surface area contributed by atoms with Crippen LogP contribution in [0, 0.1) is 0 Å². The van der Waals surface area contributed by atoms with E-state index in [0.717, 1.165) is 11.3 Å². The number of imidazole rings is 1. The highest BCUT2D eigenvalue weighted by Crippen LogP contribution is 2.09. The van der Waals surface area contributed by atoms with Crippen molar-refractivity contribution in [1.82, 2.24) is 9.97 Å². The number of H-pyrrole nitrogens is 1. The molecule has 1 aromatic rings. The first-order valence-corrected chi connectivity index (χ1v) is 3.16. The van der Waals surface area contributed by atoms with E-state index in [1.807, 2.05) is 13.0 Å². The number of aromatic amines is 1. The maximum Gasteiger partial charge on any atom is 0.0924 e. The molecule has 0 saturated carbocycles. The molecule has 0 spiro atoms. The quantitative estimate of drug-likeness (QED) is 0.616. The predicted molar refractivity (Wildman–Crippen MR) is 42.4 cm³/mol. The molecule has 1 heterocycles. The minimum absolute atomic E-state index is 1.01. The van der Waals surface area contributed by atoms with Crippen LogP contribution in [0.1, 0.15) is 12.6 Å². The van der Waals surface area contributed by atoms with Gasteiger partial charge in [-0.2, -0.15) is 0 Å². The Morgan fingerprint density at radius 1 is 1.80 bits per heavy atom. The second kappa shape index (κ2) is 3.01. The molecule has 0 fully saturated rings. The molecule has 0 atom stereocenters. The summed E-state index contributed by atoms with van der Waals surface area (Å²) in [5.41, 5.74) is 2.09. The number of nitrogens with zero attached hydrogens (tertiary/aromatic N) is 1. The van der Waals surface area contributed by atoms with Crippen LogP contribution in [-0.2, 0) is 0 Å². The van der Waals surface area contributed by atoms with Crippen LogP contribution in [0.15, 0.2) is 31.3 Å². The highest BCUT2D eigenvalue weighted by molar-refractivity contribution is 5.70. The molecule has 0 aliphatic heterocycles. The van der Waals surface area contributed by atoms with E-state index < -0.39 is 0 Å². The van der Waals surface area contributed by atoms with Crippen LogP contribution in [0.4, 0.5) is 0 Å². The molecule has 0 radical (unpaired) electrons. The zero-order valence-corrected chi connectivity index (χ0v) is 5.96. The van der Waals surface area contributed by atoms with Gasteiger partial charge < -0.3 is 4.98 Å². The average Bonchev–Trinajstić information content (AvgIpc) is 2.43. The lowest BCUT2D eigenvalue weighted by Crippen LogP contribution is -1.76. The summed E-state index contributed by atoms with van der Waals surface area (Å²) in [6, 6.07) is 0. The SMILES string of the molecule is C=CC(=CC)c1cnc[nH]1. The minimum Gasteiger partial charge on any atom is -0.345 e. The number of hydrogen-bond acceptors (Lipinski definition) is 1. The van der Waals surface area contributed by atoms with Crippen molar-refractivity contribution in [2.75, 3.05) is 0 Å². The van der Waals surface area contributed by atoms with Gasteiger partial charge in [0.2, 0.25) is 0 Å². The number of hydrogen-bond donors (Lipinski definition) is 1. The van der Waals surface area contributed by atoms with Crippen LogP contribution in [0.3, 0.4) is 0 Å². The third kappa shape index (κ3) is 1.16. The molecule has 0 bridgehead atoms. The van der Waals surface area contributed by atoms with E-state index in [1.165, 1.54) is 0 Å². The summed E-state index contributed by atoms with van der Waals surface area (Å²) in [6.07, 6.45) is 7.22. The summed E-state index contributed by atoms with van der Waals surface area (Å²) in [4.78, 5) is 6.88. The van der Waals surface area contributed by atoms with Crippen LogP contribution in [0.5, 0.6) is 0 Å². The summed E-state index contributed by atoms with van der Waals surface area (Å²) in [5, 5.41) is 0. The van der Waals surface area contributed by atoms with Crippen molar-refractivity contribution in [2.24, 2.45) is 0 Å². The van der Waals surface area contributed by atoms with E-state index in [9.17, 15) is 0 Å². The minimum atomic E-state index is 1.01. The average molecular weight is 134 g/mol. The number of allylic oxidation sites excluding steroid dienone is 3. The van der Waals surface area contributed by atoms with E-state index in [1.54, 1.807) is 18.6 Å². The Morgan fingerprint density at radius 3 is 3.00 bits per heavy atom. The van der Waals surface area contributed by atoms with Gasteiger partial charge in [0.1, 0.15) is 0 Å². The van der Waals surface area contributed by atoms with E-state index in [0.29, 0.717) is 0 Å². The summed E-state index contributed by atoms with van der Waals surface area (Å²) >= 11 is 0. The van der Waals surface area contributed by atoms with Gasteiger partial charge in [0, 0.05) is 0 Å². The molecule has 2 heteroatoms. The van der Waals surface area contributed by atoms with E-state index in [-0.39, 0.29) is 0 Å². The second-order valence-corrected chi connectivity index (χ2v) is 1.91. The van der Waals surface area contributed by atoms with E-state index in [2.05, 4.69) is 16.5 Å². The zero-order valence-electron chi connectivity index (χ0n) is 5.96. The molecule has 10 heavy (non-hydrogen) atoms. The third-order valence-corrected chi connectivity index (χ3v) is 1.34. The van der Waals surface area contributed by atoms with Gasteiger partial charge in [0.25, 0.3) is 0 Å². The highest BCUT2D eigenvalue weighted by atomic mass is 14.9. The van der Waals surface area contributed by atoms with Crippen LogP contribution in [0.2, 0.25) is 0 Å². The Labute approximate surface area is 60.3 Å². The monoisotopic (exact) mass is 134 g/mol. The predicted octanol–water partition coefficient (Wildman–Crippen LogP) is 2.00. The molecule has 0 aliphatic rings. The summed E-state index contributed by atoms with van der Waals surface area (Å²) in [6.45, 7) is 5.64. The molecule has 2 nitrogen and oxygen atoms in total. The van der Waals surface area contributed by atoms with Crippen LogP contribution < -0.4 is 0 Å². The van der Waals surface area contributed by atoms with Gasteiger partial charge in [-0.05, 0) is 12.5 Å². The highest BCUT2D eigenvalue weighted by Gasteiger charge is 1.93. The van der Waals surface area contributed by atoms with Crippen LogP contribution in [-0.4, -0.2) is 9.97 Å². The van der Waals surface area contributed by atoms with Crippen LogP contribution in [0.25, 0.3) is 5.57 Å². The molecule has 0 amide bonds. The molecular formula is C8H10N2. The molecule has 52 valence electrons. The van der Waals surface area contributed by atoms with Crippen LogP contribution >= 0.6 is 0 Å². The second-order valence-electron chi connectivity index (χ2n) is 1.91. The van der Waals surface area contributed by atoms with Gasteiger partial charge in [-0.3, -0.25) is 0 Å². The van der Waals surface area contributed by atoms with Crippen molar-refractivity contribution in [1.29, 1.82) is 0 Å². The topological polar surface area (TPSA) is 28.7 Å². The first kappa shape index (κ1) is 6.81. The zero-order chi connectivity index (χ0) is 7.40. The standard InChI is InChI=1S/C8H10N2/c1-3-7(4-2)8-5-9-6-10-8/h3-6H,1H2,2H3,(H,9,10). The van der Waals surface area contributed by atoms with Gasteiger partial charge in [-0.25, -0.2) is 4.98 Å². The Morgan fingerprint density at radius 2 is 2.60 bits per heavy atom. The fraction of sp³-hybridized carbons (Fsp3) is 0.125. The smallest absolute Gasteiger partial charge is 0.0924 e. The molecule has 0 unspecified atom stereocenters. The fourth-order valence-corrected chi connectivity index (χ4v) is 0.797. The summed E-state index contributed by atoms with van der Waals surface area (Å²) in [7, 11) is 0. The molecule has 1 rings (SSSR count). The van der Waals surface area contributed by atoms with Gasteiger partial charge in [-0.15, -0.1) is 0 Å². The van der Waals surface area contributed by atoms with Gasteiger partial charge >= 0.3 is 0 Å². The third-order valence-electron chi connectivity index (χ3n) is 1.34. The summed E-state index contributed by atoms with van der Waals surface area (Å²) in [5.74, 6) is 0. The van der Waals surface area contributed by atoms with E-state index >= 15 is 0 Å². The normalized spacial score (nSPS) is 11.5. The maximum atomic E-state index is 3.89. The molecule has 0 saturated heterocycles. The number of aromatic nitrogens is 2. The lowest BCUT2D eigenvalue weighted by atomic mass is 10.2. The molecule has 1 N–H and O–H groups in total. The molecule has 0 aliphatic carbocycles. The molecule has 1 aromatic heterocycles. The molecular weight excluding hydrogens is 124 g/mol. The van der Waals surface area contributed by atoms with Crippen molar-refractivity contribution >= 4 is 5.57 Å². The first-order chi connectivity index (χ1) is 4.88. The number of nitrogens with one attached hydrogen (secondary N) is 1. The van der Waals surface area contributed by atoms with E-state index in [4.69, 9.17) is 0 Å². The number of rotatable bonds is 2.